The van der Waals surface area contributed by atoms with E-state index in [4.69, 9.17) is 8.94 Å². The molecule has 0 saturated carbocycles. The van der Waals surface area contributed by atoms with Crippen molar-refractivity contribution in [2.75, 3.05) is 0 Å². The number of aromatic nitrogens is 6. The highest BCUT2D eigenvalue weighted by molar-refractivity contribution is 7.99. The normalized spacial score (nSPS) is 12.8. The first kappa shape index (κ1) is 13.0. The number of fused-ring (bicyclic) bond motifs is 1. The Morgan fingerprint density at radius 3 is 3.05 bits per heavy atom. The topological polar surface area (TPSA) is 95.1 Å². The zero-order valence-electron chi connectivity index (χ0n) is 11.4. The molecule has 8 nitrogen and oxygen atoms in total. The number of hydrogen-bond acceptors (Lipinski definition) is 8. The van der Waals surface area contributed by atoms with Crippen LogP contribution in [0.5, 0.6) is 0 Å². The molecular weight excluding hydrogens is 304 g/mol. The molecule has 0 saturated heterocycles. The second kappa shape index (κ2) is 5.26. The maximum absolute atomic E-state index is 5.28. The van der Waals surface area contributed by atoms with E-state index >= 15 is 0 Å². The SMILES string of the molecule is C[C@H](Sc1nc2ncccn2n1)c1nc(-c2ccco2)no1. The van der Waals surface area contributed by atoms with Gasteiger partial charge >= 0.3 is 0 Å². The van der Waals surface area contributed by atoms with Gasteiger partial charge in [-0.3, -0.25) is 0 Å². The Morgan fingerprint density at radius 2 is 2.23 bits per heavy atom. The molecule has 0 unspecified atom stereocenters. The van der Waals surface area contributed by atoms with E-state index in [-0.39, 0.29) is 5.25 Å². The maximum Gasteiger partial charge on any atom is 0.253 e. The van der Waals surface area contributed by atoms with Crippen molar-refractivity contribution in [3.63, 3.8) is 0 Å². The van der Waals surface area contributed by atoms with Crippen molar-refractivity contribution in [1.82, 2.24) is 29.7 Å². The van der Waals surface area contributed by atoms with E-state index in [1.165, 1.54) is 11.8 Å². The first-order valence-corrected chi connectivity index (χ1v) is 7.39. The molecule has 4 aromatic heterocycles. The molecule has 0 amide bonds. The van der Waals surface area contributed by atoms with Crippen LogP contribution in [0.25, 0.3) is 17.4 Å². The summed E-state index contributed by atoms with van der Waals surface area (Å²) in [7, 11) is 0. The summed E-state index contributed by atoms with van der Waals surface area (Å²) >= 11 is 1.42. The number of nitrogens with zero attached hydrogens (tertiary/aromatic N) is 6. The molecule has 0 bridgehead atoms. The van der Waals surface area contributed by atoms with Gasteiger partial charge < -0.3 is 8.94 Å². The van der Waals surface area contributed by atoms with Crippen molar-refractivity contribution in [3.8, 4) is 11.6 Å². The fraction of sp³-hybridized carbons (Fsp3) is 0.154. The molecule has 4 rings (SSSR count). The Bertz CT molecular complexity index is 867. The molecule has 0 aromatic carbocycles. The van der Waals surface area contributed by atoms with Crippen LogP contribution in [0.3, 0.4) is 0 Å². The van der Waals surface area contributed by atoms with Crippen molar-refractivity contribution in [2.24, 2.45) is 0 Å². The van der Waals surface area contributed by atoms with Gasteiger partial charge in [-0.25, -0.2) is 9.50 Å². The molecule has 0 spiro atoms. The van der Waals surface area contributed by atoms with E-state index in [2.05, 4.69) is 25.2 Å². The van der Waals surface area contributed by atoms with Crippen molar-refractivity contribution < 1.29 is 8.94 Å². The fourth-order valence-electron chi connectivity index (χ4n) is 1.88. The molecule has 22 heavy (non-hydrogen) atoms. The summed E-state index contributed by atoms with van der Waals surface area (Å²) in [6.07, 6.45) is 5.04. The van der Waals surface area contributed by atoms with Crippen molar-refractivity contribution >= 4 is 17.5 Å². The summed E-state index contributed by atoms with van der Waals surface area (Å²) in [6, 6.07) is 5.35. The molecule has 0 fully saturated rings. The summed E-state index contributed by atoms with van der Waals surface area (Å²) in [5.74, 6) is 2.04. The third-order valence-electron chi connectivity index (χ3n) is 2.91. The molecule has 1 atom stereocenters. The van der Waals surface area contributed by atoms with Gasteiger partial charge in [-0.2, -0.15) is 9.97 Å². The zero-order valence-corrected chi connectivity index (χ0v) is 12.3. The van der Waals surface area contributed by atoms with Crippen LogP contribution in [0.1, 0.15) is 18.1 Å². The fourth-order valence-corrected chi connectivity index (χ4v) is 2.66. The molecule has 0 N–H and O–H groups in total. The van der Waals surface area contributed by atoms with Crippen LogP contribution in [-0.4, -0.2) is 29.7 Å². The van der Waals surface area contributed by atoms with Crippen molar-refractivity contribution in [1.29, 1.82) is 0 Å². The van der Waals surface area contributed by atoms with Crippen LogP contribution in [-0.2, 0) is 0 Å². The Hall–Kier alpha value is -2.68. The largest absolute Gasteiger partial charge is 0.461 e. The monoisotopic (exact) mass is 314 g/mol. The molecule has 110 valence electrons. The van der Waals surface area contributed by atoms with Gasteiger partial charge in [0, 0.05) is 12.4 Å². The van der Waals surface area contributed by atoms with Gasteiger partial charge in [-0.15, -0.1) is 5.10 Å². The minimum absolute atomic E-state index is 0.0892. The zero-order chi connectivity index (χ0) is 14.9. The maximum atomic E-state index is 5.28. The molecule has 4 aromatic rings. The Kier molecular flexibility index (Phi) is 3.11. The van der Waals surface area contributed by atoms with Crippen LogP contribution >= 0.6 is 11.8 Å². The predicted molar refractivity (Wildman–Crippen MR) is 77.1 cm³/mol. The second-order valence-corrected chi connectivity index (χ2v) is 5.76. The van der Waals surface area contributed by atoms with E-state index in [0.29, 0.717) is 28.4 Å². The summed E-state index contributed by atoms with van der Waals surface area (Å²) in [5, 5.41) is 8.76. The summed E-state index contributed by atoms with van der Waals surface area (Å²) < 4.78 is 12.1. The minimum atomic E-state index is -0.0892. The Morgan fingerprint density at radius 1 is 1.27 bits per heavy atom. The summed E-state index contributed by atoms with van der Waals surface area (Å²) in [6.45, 7) is 1.95. The molecule has 0 aliphatic rings. The first-order chi connectivity index (χ1) is 10.8. The van der Waals surface area contributed by atoms with Crippen LogP contribution in [0, 0.1) is 0 Å². The lowest BCUT2D eigenvalue weighted by Gasteiger charge is -2.00. The summed E-state index contributed by atoms with van der Waals surface area (Å²) in [5.41, 5.74) is 0. The van der Waals surface area contributed by atoms with Gasteiger partial charge in [0.25, 0.3) is 5.78 Å². The molecule has 9 heteroatoms. The highest BCUT2D eigenvalue weighted by atomic mass is 32.2. The number of hydrogen-bond donors (Lipinski definition) is 0. The van der Waals surface area contributed by atoms with Gasteiger partial charge in [-0.1, -0.05) is 16.9 Å². The van der Waals surface area contributed by atoms with E-state index in [0.717, 1.165) is 0 Å². The average molecular weight is 314 g/mol. The van der Waals surface area contributed by atoms with Crippen molar-refractivity contribution in [2.45, 2.75) is 17.3 Å². The minimum Gasteiger partial charge on any atom is -0.461 e. The van der Waals surface area contributed by atoms with E-state index in [1.54, 1.807) is 41.4 Å². The highest BCUT2D eigenvalue weighted by Crippen LogP contribution is 2.32. The van der Waals surface area contributed by atoms with Gasteiger partial charge in [0.2, 0.25) is 16.9 Å². The van der Waals surface area contributed by atoms with Crippen LogP contribution in [0.2, 0.25) is 0 Å². The summed E-state index contributed by atoms with van der Waals surface area (Å²) in [4.78, 5) is 12.8. The van der Waals surface area contributed by atoms with Crippen LogP contribution in [0.4, 0.5) is 0 Å². The lowest BCUT2D eigenvalue weighted by molar-refractivity contribution is 0.379. The Balaban J connectivity index is 1.55. The average Bonchev–Trinajstić information content (AvgIpc) is 3.26. The number of thioether (sulfide) groups is 1. The lowest BCUT2D eigenvalue weighted by atomic mass is 10.4. The third-order valence-corrected chi connectivity index (χ3v) is 3.85. The number of rotatable bonds is 4. The molecular formula is C13H10N6O2S. The van der Waals surface area contributed by atoms with Gasteiger partial charge in [0.15, 0.2) is 5.76 Å². The van der Waals surface area contributed by atoms with Crippen LogP contribution in [0.15, 0.2) is 51.0 Å². The standard InChI is InChI=1S/C13H10N6O2S/c1-8(11-15-10(18-21-11)9-4-2-7-20-9)22-13-16-12-14-5-3-6-19(12)17-13/h2-8H,1H3/t8-/m0/s1. The van der Waals surface area contributed by atoms with E-state index < -0.39 is 0 Å². The predicted octanol–water partition coefficient (Wildman–Crippen LogP) is 2.62. The molecule has 0 radical (unpaired) electrons. The Labute approximate surface area is 128 Å². The second-order valence-electron chi connectivity index (χ2n) is 4.45. The van der Waals surface area contributed by atoms with Gasteiger partial charge in [-0.05, 0) is 25.1 Å². The quantitative estimate of drug-likeness (QED) is 0.530. The molecule has 0 aliphatic carbocycles. The van der Waals surface area contributed by atoms with Gasteiger partial charge in [0.05, 0.1) is 11.5 Å². The smallest absolute Gasteiger partial charge is 0.253 e. The molecule has 4 heterocycles. The van der Waals surface area contributed by atoms with Crippen LogP contribution < -0.4 is 0 Å². The number of furan rings is 1. The lowest BCUT2D eigenvalue weighted by Crippen LogP contribution is -1.90. The van der Waals surface area contributed by atoms with E-state index in [9.17, 15) is 0 Å². The van der Waals surface area contributed by atoms with E-state index in [1.807, 2.05) is 6.92 Å². The highest BCUT2D eigenvalue weighted by Gasteiger charge is 2.19. The van der Waals surface area contributed by atoms with Crippen molar-refractivity contribution in [3.05, 3.63) is 42.7 Å². The third kappa shape index (κ3) is 2.35. The molecule has 0 aliphatic heterocycles. The van der Waals surface area contributed by atoms with Gasteiger partial charge in [0.1, 0.15) is 0 Å². The first-order valence-electron chi connectivity index (χ1n) is 6.51.